The SMILES string of the molecule is CSc1ccc(C)cc1OB(O)O. The number of hydrogen-bond acceptors (Lipinski definition) is 4. The van der Waals surface area contributed by atoms with Crippen LogP contribution in [-0.4, -0.2) is 23.6 Å². The van der Waals surface area contributed by atoms with Gasteiger partial charge in [0.15, 0.2) is 0 Å². The molecule has 0 radical (unpaired) electrons. The van der Waals surface area contributed by atoms with Crippen LogP contribution in [0.15, 0.2) is 23.1 Å². The van der Waals surface area contributed by atoms with E-state index in [4.69, 9.17) is 14.7 Å². The fourth-order valence-corrected chi connectivity index (χ4v) is 1.50. The number of hydrogen-bond donors (Lipinski definition) is 2. The summed E-state index contributed by atoms with van der Waals surface area (Å²) in [5.41, 5.74) is 1.02. The Morgan fingerprint density at radius 2 is 2.08 bits per heavy atom. The number of rotatable bonds is 3. The van der Waals surface area contributed by atoms with Crippen molar-refractivity contribution in [2.45, 2.75) is 11.8 Å². The Labute approximate surface area is 81.9 Å². The molecule has 0 saturated heterocycles. The van der Waals surface area contributed by atoms with Crippen LogP contribution in [0.1, 0.15) is 5.56 Å². The van der Waals surface area contributed by atoms with E-state index in [0.29, 0.717) is 5.75 Å². The van der Waals surface area contributed by atoms with E-state index in [2.05, 4.69) is 0 Å². The predicted octanol–water partition coefficient (Wildman–Crippen LogP) is 1.07. The second-order valence-corrected chi connectivity index (χ2v) is 3.45. The van der Waals surface area contributed by atoms with Crippen LogP contribution in [-0.2, 0) is 0 Å². The third-order valence-electron chi connectivity index (χ3n) is 1.55. The highest BCUT2D eigenvalue weighted by Crippen LogP contribution is 2.28. The molecule has 0 spiro atoms. The summed E-state index contributed by atoms with van der Waals surface area (Å²) in [6.07, 6.45) is 1.90. The highest BCUT2D eigenvalue weighted by molar-refractivity contribution is 7.98. The molecule has 0 aliphatic carbocycles. The summed E-state index contributed by atoms with van der Waals surface area (Å²) in [6.45, 7) is 1.92. The van der Waals surface area contributed by atoms with Gasteiger partial charge in [-0.2, -0.15) is 0 Å². The second-order valence-electron chi connectivity index (χ2n) is 2.60. The van der Waals surface area contributed by atoms with Gasteiger partial charge in [0, 0.05) is 4.90 Å². The average Bonchev–Trinajstić information content (AvgIpc) is 2.03. The minimum Gasteiger partial charge on any atom is -0.511 e. The van der Waals surface area contributed by atoms with Crippen LogP contribution >= 0.6 is 11.8 Å². The number of aryl methyl sites for hydroxylation is 1. The van der Waals surface area contributed by atoms with Crippen molar-refractivity contribution in [2.75, 3.05) is 6.26 Å². The van der Waals surface area contributed by atoms with Crippen LogP contribution in [0.3, 0.4) is 0 Å². The van der Waals surface area contributed by atoms with Gasteiger partial charge in [-0.1, -0.05) is 6.07 Å². The van der Waals surface area contributed by atoms with Crippen LogP contribution in [0.5, 0.6) is 5.75 Å². The zero-order valence-corrected chi connectivity index (χ0v) is 8.34. The third kappa shape index (κ3) is 2.95. The van der Waals surface area contributed by atoms with E-state index in [1.54, 1.807) is 6.07 Å². The molecule has 0 amide bonds. The summed E-state index contributed by atoms with van der Waals surface area (Å²) in [5, 5.41) is 17.3. The Hall–Kier alpha value is -0.645. The molecule has 1 aromatic carbocycles. The van der Waals surface area contributed by atoms with E-state index < -0.39 is 7.32 Å². The van der Waals surface area contributed by atoms with Gasteiger partial charge in [-0.3, -0.25) is 0 Å². The molecule has 0 atom stereocenters. The first-order valence-corrected chi connectivity index (χ1v) is 5.03. The Morgan fingerprint density at radius 3 is 2.62 bits per heavy atom. The van der Waals surface area contributed by atoms with Crippen LogP contribution < -0.4 is 4.65 Å². The van der Waals surface area contributed by atoms with Gasteiger partial charge in [0.25, 0.3) is 0 Å². The smallest absolute Gasteiger partial charge is 0.511 e. The van der Waals surface area contributed by atoms with Crippen molar-refractivity contribution in [3.63, 3.8) is 0 Å². The van der Waals surface area contributed by atoms with E-state index in [9.17, 15) is 0 Å². The normalized spacial score (nSPS) is 9.85. The van der Waals surface area contributed by atoms with Crippen molar-refractivity contribution in [1.29, 1.82) is 0 Å². The molecular weight excluding hydrogens is 187 g/mol. The molecule has 0 aliphatic heterocycles. The van der Waals surface area contributed by atoms with Gasteiger partial charge in [0.1, 0.15) is 5.75 Å². The largest absolute Gasteiger partial charge is 0.707 e. The van der Waals surface area contributed by atoms with E-state index in [1.165, 1.54) is 11.8 Å². The minimum absolute atomic E-state index is 0.502. The Morgan fingerprint density at radius 1 is 1.38 bits per heavy atom. The maximum Gasteiger partial charge on any atom is 0.707 e. The van der Waals surface area contributed by atoms with Crippen molar-refractivity contribution < 1.29 is 14.7 Å². The molecule has 1 aromatic rings. The lowest BCUT2D eigenvalue weighted by atomic mass is 10.2. The second kappa shape index (κ2) is 4.55. The Bertz CT molecular complexity index is 291. The highest BCUT2D eigenvalue weighted by atomic mass is 32.2. The van der Waals surface area contributed by atoms with Crippen LogP contribution in [0.4, 0.5) is 0 Å². The molecule has 0 fully saturated rings. The molecule has 0 aliphatic rings. The van der Waals surface area contributed by atoms with Crippen LogP contribution in [0.25, 0.3) is 0 Å². The molecule has 0 saturated carbocycles. The molecule has 0 aromatic heterocycles. The predicted molar refractivity (Wildman–Crippen MR) is 53.8 cm³/mol. The monoisotopic (exact) mass is 198 g/mol. The number of thioether (sulfide) groups is 1. The van der Waals surface area contributed by atoms with Gasteiger partial charge < -0.3 is 14.7 Å². The molecule has 13 heavy (non-hydrogen) atoms. The molecule has 0 unspecified atom stereocenters. The molecule has 1 rings (SSSR count). The molecule has 2 N–H and O–H groups in total. The number of benzene rings is 1. The zero-order chi connectivity index (χ0) is 9.84. The summed E-state index contributed by atoms with van der Waals surface area (Å²) < 4.78 is 4.81. The average molecular weight is 198 g/mol. The fraction of sp³-hybridized carbons (Fsp3) is 0.250. The first kappa shape index (κ1) is 10.4. The van der Waals surface area contributed by atoms with Gasteiger partial charge in [-0.15, -0.1) is 11.8 Å². The maximum absolute atomic E-state index is 8.64. The fourth-order valence-electron chi connectivity index (χ4n) is 0.990. The summed E-state index contributed by atoms with van der Waals surface area (Å²) >= 11 is 1.50. The van der Waals surface area contributed by atoms with E-state index >= 15 is 0 Å². The van der Waals surface area contributed by atoms with Gasteiger partial charge in [-0.05, 0) is 30.9 Å². The van der Waals surface area contributed by atoms with Crippen molar-refractivity contribution in [3.05, 3.63) is 23.8 Å². The lowest BCUT2D eigenvalue weighted by molar-refractivity contribution is 0.285. The zero-order valence-electron chi connectivity index (χ0n) is 7.52. The van der Waals surface area contributed by atoms with E-state index in [0.717, 1.165) is 10.5 Å². The summed E-state index contributed by atoms with van der Waals surface area (Å²) in [6, 6.07) is 5.60. The first-order chi connectivity index (χ1) is 6.13. The van der Waals surface area contributed by atoms with Gasteiger partial charge >= 0.3 is 7.32 Å². The van der Waals surface area contributed by atoms with Crippen LogP contribution in [0, 0.1) is 6.92 Å². The van der Waals surface area contributed by atoms with E-state index in [1.807, 2.05) is 25.3 Å². The molecule has 3 nitrogen and oxygen atoms in total. The van der Waals surface area contributed by atoms with Gasteiger partial charge in [-0.25, -0.2) is 0 Å². The quantitative estimate of drug-likeness (QED) is 0.563. The molecule has 0 heterocycles. The lowest BCUT2D eigenvalue weighted by Crippen LogP contribution is -2.20. The molecule has 70 valence electrons. The lowest BCUT2D eigenvalue weighted by Gasteiger charge is -2.09. The standard InChI is InChI=1S/C8H11BO3S/c1-6-3-4-8(13-2)7(5-6)12-9(10)11/h3-5,10-11H,1-2H3. The molecule has 5 heteroatoms. The van der Waals surface area contributed by atoms with Crippen molar-refractivity contribution in [3.8, 4) is 5.75 Å². The maximum atomic E-state index is 8.64. The van der Waals surface area contributed by atoms with Crippen molar-refractivity contribution in [2.24, 2.45) is 0 Å². The van der Waals surface area contributed by atoms with Gasteiger partial charge in [0.2, 0.25) is 0 Å². The molecular formula is C8H11BO3S. The van der Waals surface area contributed by atoms with Gasteiger partial charge in [0.05, 0.1) is 0 Å². The Kier molecular flexibility index (Phi) is 3.65. The molecule has 0 bridgehead atoms. The summed E-state index contributed by atoms with van der Waals surface area (Å²) in [5.74, 6) is 0.502. The first-order valence-electron chi connectivity index (χ1n) is 3.81. The van der Waals surface area contributed by atoms with Crippen molar-refractivity contribution >= 4 is 19.1 Å². The highest BCUT2D eigenvalue weighted by Gasteiger charge is 2.13. The summed E-state index contributed by atoms with van der Waals surface area (Å²) in [4.78, 5) is 0.888. The van der Waals surface area contributed by atoms with Crippen molar-refractivity contribution in [1.82, 2.24) is 0 Å². The third-order valence-corrected chi connectivity index (χ3v) is 2.33. The topological polar surface area (TPSA) is 49.7 Å². The Balaban J connectivity index is 2.94. The van der Waals surface area contributed by atoms with Crippen LogP contribution in [0.2, 0.25) is 0 Å². The van der Waals surface area contributed by atoms with E-state index in [-0.39, 0.29) is 0 Å². The summed E-state index contributed by atoms with van der Waals surface area (Å²) in [7, 11) is -1.76. The minimum atomic E-state index is -1.76.